The van der Waals surface area contributed by atoms with Gasteiger partial charge in [0.2, 0.25) is 0 Å². The zero-order valence-corrected chi connectivity index (χ0v) is 15.6. The minimum absolute atomic E-state index is 0.179. The predicted octanol–water partition coefficient (Wildman–Crippen LogP) is 2.51. The molecule has 0 spiro atoms. The lowest BCUT2D eigenvalue weighted by Crippen LogP contribution is -2.30. The zero-order chi connectivity index (χ0) is 18.8. The SMILES string of the molecule is CCOC(=O)[C@@H](Sc1nc2c([nH]c3ccccc32)c(=O)n1CC)C(C)=O. The van der Waals surface area contributed by atoms with Crippen molar-refractivity contribution in [3.8, 4) is 0 Å². The number of para-hydroxylation sites is 1. The van der Waals surface area contributed by atoms with Crippen LogP contribution in [0, 0.1) is 0 Å². The third-order valence-corrected chi connectivity index (χ3v) is 5.27. The number of aromatic amines is 1. The number of esters is 1. The molecule has 3 aromatic rings. The molecule has 0 radical (unpaired) electrons. The molecule has 1 aromatic carbocycles. The Morgan fingerprint density at radius 3 is 2.69 bits per heavy atom. The maximum Gasteiger partial charge on any atom is 0.327 e. The Morgan fingerprint density at radius 1 is 1.31 bits per heavy atom. The highest BCUT2D eigenvalue weighted by atomic mass is 32.2. The minimum Gasteiger partial charge on any atom is -0.465 e. The second kappa shape index (κ2) is 7.33. The van der Waals surface area contributed by atoms with Crippen molar-refractivity contribution in [1.29, 1.82) is 0 Å². The average Bonchev–Trinajstić information content (AvgIpc) is 2.99. The van der Waals surface area contributed by atoms with Gasteiger partial charge in [-0.05, 0) is 26.8 Å². The van der Waals surface area contributed by atoms with Gasteiger partial charge in [0.15, 0.2) is 16.2 Å². The van der Waals surface area contributed by atoms with Crippen molar-refractivity contribution in [2.75, 3.05) is 6.61 Å². The van der Waals surface area contributed by atoms with Crippen LogP contribution in [0.3, 0.4) is 0 Å². The molecule has 0 bridgehead atoms. The first-order valence-corrected chi connectivity index (χ1v) is 9.20. The molecular formula is C18H19N3O4S. The van der Waals surface area contributed by atoms with Gasteiger partial charge in [-0.2, -0.15) is 0 Å². The van der Waals surface area contributed by atoms with E-state index < -0.39 is 11.2 Å². The van der Waals surface area contributed by atoms with E-state index in [2.05, 4.69) is 9.97 Å². The van der Waals surface area contributed by atoms with Gasteiger partial charge in [0.25, 0.3) is 5.56 Å². The van der Waals surface area contributed by atoms with Crippen LogP contribution in [0.1, 0.15) is 20.8 Å². The molecule has 8 heteroatoms. The standard InChI is InChI=1S/C18H19N3O4S/c1-4-21-16(23)14-13(11-8-6-7-9-12(11)19-14)20-18(21)26-15(10(3)22)17(24)25-5-2/h6-9,15,19H,4-5H2,1-3H3/t15-/m0/s1. The van der Waals surface area contributed by atoms with Crippen molar-refractivity contribution >= 4 is 45.5 Å². The Kier molecular flexibility index (Phi) is 5.13. The van der Waals surface area contributed by atoms with Gasteiger partial charge >= 0.3 is 5.97 Å². The van der Waals surface area contributed by atoms with Gasteiger partial charge in [-0.25, -0.2) is 4.98 Å². The normalized spacial score (nSPS) is 12.4. The van der Waals surface area contributed by atoms with E-state index in [1.54, 1.807) is 6.92 Å². The van der Waals surface area contributed by atoms with Crippen LogP contribution in [-0.2, 0) is 20.9 Å². The number of ether oxygens (including phenoxy) is 1. The minimum atomic E-state index is -1.05. The molecular weight excluding hydrogens is 354 g/mol. The van der Waals surface area contributed by atoms with Gasteiger partial charge in [0.1, 0.15) is 11.0 Å². The fourth-order valence-electron chi connectivity index (χ4n) is 2.77. The number of hydrogen-bond acceptors (Lipinski definition) is 6. The number of hydrogen-bond donors (Lipinski definition) is 1. The molecule has 0 amide bonds. The van der Waals surface area contributed by atoms with Crippen molar-refractivity contribution in [3.63, 3.8) is 0 Å². The highest BCUT2D eigenvalue weighted by molar-refractivity contribution is 8.01. The van der Waals surface area contributed by atoms with E-state index >= 15 is 0 Å². The summed E-state index contributed by atoms with van der Waals surface area (Å²) in [5.74, 6) is -0.967. The number of nitrogens with one attached hydrogen (secondary N) is 1. The number of carbonyl (C=O) groups is 2. The number of fused-ring (bicyclic) bond motifs is 3. The van der Waals surface area contributed by atoms with E-state index in [1.807, 2.05) is 31.2 Å². The van der Waals surface area contributed by atoms with E-state index in [9.17, 15) is 14.4 Å². The van der Waals surface area contributed by atoms with Gasteiger partial charge in [-0.1, -0.05) is 30.0 Å². The van der Waals surface area contributed by atoms with E-state index in [0.717, 1.165) is 22.7 Å². The predicted molar refractivity (Wildman–Crippen MR) is 100 cm³/mol. The number of nitrogens with zero attached hydrogens (tertiary/aromatic N) is 2. The molecule has 136 valence electrons. The molecule has 0 fully saturated rings. The summed E-state index contributed by atoms with van der Waals surface area (Å²) in [6.07, 6.45) is 0. The fourth-order valence-corrected chi connectivity index (χ4v) is 3.79. The first-order valence-electron chi connectivity index (χ1n) is 8.32. The van der Waals surface area contributed by atoms with Gasteiger partial charge in [-0.15, -0.1) is 0 Å². The molecule has 3 rings (SSSR count). The van der Waals surface area contributed by atoms with Crippen molar-refractivity contribution in [2.45, 2.75) is 37.7 Å². The van der Waals surface area contributed by atoms with Crippen molar-refractivity contribution in [1.82, 2.24) is 14.5 Å². The molecule has 2 heterocycles. The molecule has 0 saturated heterocycles. The van der Waals surface area contributed by atoms with Crippen LogP contribution in [0.4, 0.5) is 0 Å². The molecule has 0 saturated carbocycles. The van der Waals surface area contributed by atoms with Gasteiger partial charge in [0.05, 0.1) is 6.61 Å². The topological polar surface area (TPSA) is 94.0 Å². The number of ketones is 1. The fraction of sp³-hybridized carbons (Fsp3) is 0.333. The molecule has 0 aliphatic carbocycles. The lowest BCUT2D eigenvalue weighted by molar-refractivity contribution is -0.144. The summed E-state index contributed by atoms with van der Waals surface area (Å²) in [6.45, 7) is 5.37. The first kappa shape index (κ1) is 18.2. The smallest absolute Gasteiger partial charge is 0.327 e. The number of Topliss-reactive ketones (excluding diaryl/α,β-unsaturated/α-hetero) is 1. The van der Waals surface area contributed by atoms with Crippen LogP contribution in [-0.4, -0.2) is 38.1 Å². The van der Waals surface area contributed by atoms with Crippen LogP contribution in [0.5, 0.6) is 0 Å². The largest absolute Gasteiger partial charge is 0.465 e. The molecule has 26 heavy (non-hydrogen) atoms. The second-order valence-corrected chi connectivity index (χ2v) is 6.77. The van der Waals surface area contributed by atoms with Crippen LogP contribution in [0.15, 0.2) is 34.2 Å². The van der Waals surface area contributed by atoms with Gasteiger partial charge in [-0.3, -0.25) is 19.0 Å². The quantitative estimate of drug-likeness (QED) is 0.309. The number of rotatable bonds is 6. The number of H-pyrrole nitrogens is 1. The zero-order valence-electron chi connectivity index (χ0n) is 14.7. The van der Waals surface area contributed by atoms with Gasteiger partial charge in [0, 0.05) is 17.4 Å². The lowest BCUT2D eigenvalue weighted by Gasteiger charge is -2.15. The number of benzene rings is 1. The Morgan fingerprint density at radius 2 is 2.04 bits per heavy atom. The van der Waals surface area contributed by atoms with Crippen LogP contribution >= 0.6 is 11.8 Å². The Hall–Kier alpha value is -2.61. The summed E-state index contributed by atoms with van der Waals surface area (Å²) in [5, 5.41) is 0.0884. The maximum absolute atomic E-state index is 12.9. The second-order valence-electron chi connectivity index (χ2n) is 5.70. The summed E-state index contributed by atoms with van der Waals surface area (Å²) in [6, 6.07) is 7.49. The molecule has 2 aromatic heterocycles. The summed E-state index contributed by atoms with van der Waals surface area (Å²) >= 11 is 0.951. The molecule has 0 unspecified atom stereocenters. The van der Waals surface area contributed by atoms with E-state index in [1.165, 1.54) is 11.5 Å². The maximum atomic E-state index is 12.9. The monoisotopic (exact) mass is 373 g/mol. The molecule has 7 nitrogen and oxygen atoms in total. The molecule has 0 aliphatic rings. The van der Waals surface area contributed by atoms with E-state index in [0.29, 0.717) is 22.7 Å². The number of thioether (sulfide) groups is 1. The van der Waals surface area contributed by atoms with Crippen molar-refractivity contribution in [2.24, 2.45) is 0 Å². The van der Waals surface area contributed by atoms with Crippen LogP contribution in [0.25, 0.3) is 21.9 Å². The van der Waals surface area contributed by atoms with Crippen molar-refractivity contribution < 1.29 is 14.3 Å². The molecule has 0 aliphatic heterocycles. The summed E-state index contributed by atoms with van der Waals surface area (Å²) in [7, 11) is 0. The third-order valence-electron chi connectivity index (χ3n) is 3.99. The molecule has 1 N–H and O–H groups in total. The summed E-state index contributed by atoms with van der Waals surface area (Å²) < 4.78 is 6.44. The summed E-state index contributed by atoms with van der Waals surface area (Å²) in [4.78, 5) is 44.6. The Balaban J connectivity index is 2.18. The highest BCUT2D eigenvalue weighted by Crippen LogP contribution is 2.27. The van der Waals surface area contributed by atoms with Gasteiger partial charge < -0.3 is 9.72 Å². The average molecular weight is 373 g/mol. The number of carbonyl (C=O) groups excluding carboxylic acids is 2. The Bertz CT molecular complexity index is 1050. The van der Waals surface area contributed by atoms with E-state index in [4.69, 9.17) is 4.74 Å². The molecule has 1 atom stereocenters. The lowest BCUT2D eigenvalue weighted by atomic mass is 10.2. The van der Waals surface area contributed by atoms with E-state index in [-0.39, 0.29) is 17.9 Å². The van der Waals surface area contributed by atoms with Crippen LogP contribution in [0.2, 0.25) is 0 Å². The number of aromatic nitrogens is 3. The first-order chi connectivity index (χ1) is 12.5. The Labute approximate surface area is 153 Å². The summed E-state index contributed by atoms with van der Waals surface area (Å²) in [5.41, 5.74) is 1.52. The van der Waals surface area contributed by atoms with Crippen molar-refractivity contribution in [3.05, 3.63) is 34.6 Å². The highest BCUT2D eigenvalue weighted by Gasteiger charge is 2.28. The van der Waals surface area contributed by atoms with Crippen LogP contribution < -0.4 is 5.56 Å². The third kappa shape index (κ3) is 3.12.